The van der Waals surface area contributed by atoms with Crippen molar-refractivity contribution in [1.29, 1.82) is 0 Å². The van der Waals surface area contributed by atoms with E-state index in [1.807, 2.05) is 11.1 Å². The van der Waals surface area contributed by atoms with E-state index in [0.717, 1.165) is 12.1 Å². The van der Waals surface area contributed by atoms with Crippen LogP contribution in [0.25, 0.3) is 0 Å². The van der Waals surface area contributed by atoms with E-state index >= 15 is 0 Å². The zero-order chi connectivity index (χ0) is 15.5. The lowest BCUT2D eigenvalue weighted by atomic mass is 10.2. The van der Waals surface area contributed by atoms with Gasteiger partial charge in [0.1, 0.15) is 0 Å². The van der Waals surface area contributed by atoms with Crippen LogP contribution in [0.5, 0.6) is 0 Å². The standard InChI is InChI=1S/C14H22N4O3/c1-2-7-17(8-5-10-19)11-13-12-18(16-15-13)9-4-3-6-14(20)21/h1,12,19H,3-11H2,(H,20,21). The second-order valence-corrected chi connectivity index (χ2v) is 4.82. The molecule has 0 spiro atoms. The van der Waals surface area contributed by atoms with Gasteiger partial charge < -0.3 is 10.2 Å². The van der Waals surface area contributed by atoms with Gasteiger partial charge >= 0.3 is 5.97 Å². The lowest BCUT2D eigenvalue weighted by Gasteiger charge is -2.17. The molecule has 116 valence electrons. The van der Waals surface area contributed by atoms with Gasteiger partial charge in [-0.25, -0.2) is 0 Å². The first-order chi connectivity index (χ1) is 10.2. The molecule has 0 saturated carbocycles. The van der Waals surface area contributed by atoms with Crippen molar-refractivity contribution in [3.63, 3.8) is 0 Å². The summed E-state index contributed by atoms with van der Waals surface area (Å²) >= 11 is 0. The first kappa shape index (κ1) is 17.1. The van der Waals surface area contributed by atoms with Gasteiger partial charge in [-0.3, -0.25) is 14.4 Å². The molecule has 2 N–H and O–H groups in total. The van der Waals surface area contributed by atoms with Crippen LogP contribution in [0.2, 0.25) is 0 Å². The van der Waals surface area contributed by atoms with Crippen molar-refractivity contribution >= 4 is 5.97 Å². The van der Waals surface area contributed by atoms with Crippen molar-refractivity contribution in [3.05, 3.63) is 11.9 Å². The molecule has 7 nitrogen and oxygen atoms in total. The van der Waals surface area contributed by atoms with Crippen LogP contribution in [-0.4, -0.2) is 55.8 Å². The topological polar surface area (TPSA) is 91.5 Å². The van der Waals surface area contributed by atoms with Gasteiger partial charge in [0.2, 0.25) is 0 Å². The van der Waals surface area contributed by atoms with E-state index in [4.69, 9.17) is 16.6 Å². The predicted octanol–water partition coefficient (Wildman–Crippen LogP) is 0.351. The third-order valence-corrected chi connectivity index (χ3v) is 2.95. The third kappa shape index (κ3) is 7.44. The smallest absolute Gasteiger partial charge is 0.303 e. The Balaban J connectivity index is 2.38. The molecule has 1 aromatic heterocycles. The predicted molar refractivity (Wildman–Crippen MR) is 77.3 cm³/mol. The van der Waals surface area contributed by atoms with Crippen LogP contribution in [-0.2, 0) is 17.9 Å². The summed E-state index contributed by atoms with van der Waals surface area (Å²) in [7, 11) is 0. The number of carboxylic acids is 1. The van der Waals surface area contributed by atoms with Crippen molar-refractivity contribution in [3.8, 4) is 12.3 Å². The van der Waals surface area contributed by atoms with Crippen LogP contribution in [0.3, 0.4) is 0 Å². The number of rotatable bonds is 11. The molecule has 0 aliphatic carbocycles. The number of hydrogen-bond donors (Lipinski definition) is 2. The lowest BCUT2D eigenvalue weighted by Crippen LogP contribution is -2.25. The number of aryl methyl sites for hydroxylation is 1. The number of terminal acetylenes is 1. The molecule has 0 unspecified atom stereocenters. The molecule has 0 aliphatic rings. The van der Waals surface area contributed by atoms with Crippen LogP contribution in [0, 0.1) is 12.3 Å². The normalized spacial score (nSPS) is 10.7. The Hall–Kier alpha value is -1.91. The number of carbonyl (C=O) groups is 1. The van der Waals surface area contributed by atoms with Crippen molar-refractivity contribution in [2.75, 3.05) is 19.7 Å². The summed E-state index contributed by atoms with van der Waals surface area (Å²) in [6.07, 6.45) is 9.41. The van der Waals surface area contributed by atoms with Crippen molar-refractivity contribution in [1.82, 2.24) is 19.9 Å². The molecular weight excluding hydrogens is 272 g/mol. The van der Waals surface area contributed by atoms with E-state index in [2.05, 4.69) is 16.2 Å². The minimum Gasteiger partial charge on any atom is -0.481 e. The second-order valence-electron chi connectivity index (χ2n) is 4.82. The minimum absolute atomic E-state index is 0.136. The van der Waals surface area contributed by atoms with Gasteiger partial charge in [-0.05, 0) is 19.3 Å². The summed E-state index contributed by atoms with van der Waals surface area (Å²) in [6, 6.07) is 0. The van der Waals surface area contributed by atoms with Gasteiger partial charge in [0.05, 0.1) is 12.2 Å². The molecule has 0 fully saturated rings. The Kier molecular flexibility index (Phi) is 8.09. The molecule has 0 saturated heterocycles. The minimum atomic E-state index is -0.775. The molecule has 1 rings (SSSR count). The molecule has 0 atom stereocenters. The highest BCUT2D eigenvalue weighted by Gasteiger charge is 2.08. The van der Waals surface area contributed by atoms with Gasteiger partial charge in [0.25, 0.3) is 0 Å². The highest BCUT2D eigenvalue weighted by Crippen LogP contribution is 2.03. The monoisotopic (exact) mass is 294 g/mol. The van der Waals surface area contributed by atoms with E-state index < -0.39 is 5.97 Å². The molecule has 0 aliphatic heterocycles. The SMILES string of the molecule is C#CCN(CCCO)Cc1cn(CCCCC(=O)O)nn1. The Labute approximate surface area is 124 Å². The highest BCUT2D eigenvalue weighted by molar-refractivity contribution is 5.66. The summed E-state index contributed by atoms with van der Waals surface area (Å²) in [4.78, 5) is 12.4. The molecule has 21 heavy (non-hydrogen) atoms. The number of nitrogens with zero attached hydrogens (tertiary/aromatic N) is 4. The van der Waals surface area contributed by atoms with Crippen molar-refractivity contribution in [2.24, 2.45) is 0 Å². The van der Waals surface area contributed by atoms with E-state index in [1.54, 1.807) is 4.68 Å². The third-order valence-electron chi connectivity index (χ3n) is 2.95. The van der Waals surface area contributed by atoms with E-state index in [0.29, 0.717) is 39.0 Å². The van der Waals surface area contributed by atoms with E-state index in [1.165, 1.54) is 0 Å². The summed E-state index contributed by atoms with van der Waals surface area (Å²) in [5.41, 5.74) is 0.821. The number of aromatic nitrogens is 3. The molecule has 0 radical (unpaired) electrons. The number of aliphatic hydroxyl groups excluding tert-OH is 1. The second kappa shape index (κ2) is 9.91. The van der Waals surface area contributed by atoms with Gasteiger partial charge in [0, 0.05) is 38.9 Å². The van der Waals surface area contributed by atoms with E-state index in [9.17, 15) is 4.79 Å². The maximum atomic E-state index is 10.4. The summed E-state index contributed by atoms with van der Waals surface area (Å²) in [6.45, 7) is 2.61. The molecule has 1 aromatic rings. The average molecular weight is 294 g/mol. The average Bonchev–Trinajstić information content (AvgIpc) is 2.88. The van der Waals surface area contributed by atoms with Crippen LogP contribution in [0.15, 0.2) is 6.20 Å². The van der Waals surface area contributed by atoms with Gasteiger partial charge in [0.15, 0.2) is 0 Å². The largest absolute Gasteiger partial charge is 0.481 e. The van der Waals surface area contributed by atoms with Gasteiger partial charge in [-0.15, -0.1) is 11.5 Å². The fourth-order valence-corrected chi connectivity index (χ4v) is 1.94. The first-order valence-electron chi connectivity index (χ1n) is 7.03. The number of aliphatic hydroxyl groups is 1. The number of carboxylic acid groups (broad SMARTS) is 1. The molecular formula is C14H22N4O3. The quantitative estimate of drug-likeness (QED) is 0.452. The highest BCUT2D eigenvalue weighted by atomic mass is 16.4. The molecule has 0 amide bonds. The maximum Gasteiger partial charge on any atom is 0.303 e. The molecule has 1 heterocycles. The van der Waals surface area contributed by atoms with Crippen LogP contribution in [0.1, 0.15) is 31.4 Å². The van der Waals surface area contributed by atoms with Crippen LogP contribution < -0.4 is 0 Å². The summed E-state index contributed by atoms with van der Waals surface area (Å²) in [5, 5.41) is 25.5. The van der Waals surface area contributed by atoms with Crippen LogP contribution in [0.4, 0.5) is 0 Å². The number of aliphatic carboxylic acids is 1. The fourth-order valence-electron chi connectivity index (χ4n) is 1.94. The van der Waals surface area contributed by atoms with Gasteiger partial charge in [-0.1, -0.05) is 11.1 Å². The summed E-state index contributed by atoms with van der Waals surface area (Å²) in [5.74, 6) is 1.82. The lowest BCUT2D eigenvalue weighted by molar-refractivity contribution is -0.137. The maximum absolute atomic E-state index is 10.4. The summed E-state index contributed by atoms with van der Waals surface area (Å²) < 4.78 is 1.72. The first-order valence-corrected chi connectivity index (χ1v) is 7.03. The Morgan fingerprint density at radius 2 is 2.24 bits per heavy atom. The Bertz CT molecular complexity index is 467. The molecule has 0 bridgehead atoms. The van der Waals surface area contributed by atoms with Crippen LogP contribution >= 0.6 is 0 Å². The Morgan fingerprint density at radius 3 is 2.90 bits per heavy atom. The number of hydrogen-bond acceptors (Lipinski definition) is 5. The molecule has 7 heteroatoms. The van der Waals surface area contributed by atoms with E-state index in [-0.39, 0.29) is 13.0 Å². The van der Waals surface area contributed by atoms with Crippen molar-refractivity contribution in [2.45, 2.75) is 38.8 Å². The van der Waals surface area contributed by atoms with Crippen molar-refractivity contribution < 1.29 is 15.0 Å². The number of unbranched alkanes of at least 4 members (excludes halogenated alkanes) is 1. The van der Waals surface area contributed by atoms with Gasteiger partial charge in [-0.2, -0.15) is 0 Å². The zero-order valence-electron chi connectivity index (χ0n) is 12.1. The zero-order valence-corrected chi connectivity index (χ0v) is 12.1. The fraction of sp³-hybridized carbons (Fsp3) is 0.643. The molecule has 0 aromatic carbocycles. The Morgan fingerprint density at radius 1 is 1.43 bits per heavy atom.